The summed E-state index contributed by atoms with van der Waals surface area (Å²) in [6.45, 7) is 34.8. The third kappa shape index (κ3) is 2.19. The first-order valence-electron chi connectivity index (χ1n) is 9.38. The summed E-state index contributed by atoms with van der Waals surface area (Å²) in [5, 5.41) is 0.974. The van der Waals surface area contributed by atoms with E-state index in [9.17, 15) is 0 Å². The highest BCUT2D eigenvalue weighted by molar-refractivity contribution is 8.26. The molecule has 0 aromatic carbocycles. The van der Waals surface area contributed by atoms with Crippen LogP contribution < -0.4 is 0 Å². The van der Waals surface area contributed by atoms with Crippen LogP contribution in [0.2, 0.25) is 33.2 Å². The lowest BCUT2D eigenvalue weighted by Crippen LogP contribution is -3.08. The predicted molar refractivity (Wildman–Crippen MR) is 125 cm³/mol. The van der Waals surface area contributed by atoms with Crippen LogP contribution in [0.5, 0.6) is 0 Å². The van der Waals surface area contributed by atoms with Gasteiger partial charge in [-0.15, -0.1) is 0 Å². The van der Waals surface area contributed by atoms with E-state index >= 15 is 0 Å². The first-order valence-corrected chi connectivity index (χ1v) is 24.4. The van der Waals surface area contributed by atoms with Gasteiger partial charge in [0.25, 0.3) is 0 Å². The number of halogens is 2. The maximum atomic E-state index is 8.02. The Morgan fingerprint density at radius 1 is 0.417 bits per heavy atom. The van der Waals surface area contributed by atoms with E-state index < -0.39 is 27.1 Å². The summed E-state index contributed by atoms with van der Waals surface area (Å²) in [6.07, 6.45) is -4.29. The summed E-state index contributed by atoms with van der Waals surface area (Å²) in [7, 11) is -3.50. The second-order valence-electron chi connectivity index (χ2n) is 12.6. The zero-order chi connectivity index (χ0) is 20.0. The summed E-state index contributed by atoms with van der Waals surface area (Å²) >= 11 is 16.0. The molecule has 0 aromatic heterocycles. The first-order chi connectivity index (χ1) is 10.0. The SMILES string of the molecule is CC(C)(C)[Si]1(C)[Si](C)(C(C)(C)C)[Si](Cl)(C(C)(C)C)[Si]1(Cl)C(C)(C)C. The van der Waals surface area contributed by atoms with Crippen LogP contribution >= 0.6 is 22.2 Å². The molecule has 0 radical (unpaired) electrons. The van der Waals surface area contributed by atoms with Crippen molar-refractivity contribution in [2.45, 2.75) is 116 Å². The van der Waals surface area contributed by atoms with Crippen molar-refractivity contribution in [3.8, 4) is 0 Å². The Labute approximate surface area is 165 Å². The van der Waals surface area contributed by atoms with Gasteiger partial charge < -0.3 is 0 Å². The molecule has 1 saturated heterocycles. The van der Waals surface area contributed by atoms with Gasteiger partial charge in [0.1, 0.15) is 0 Å². The van der Waals surface area contributed by atoms with Crippen molar-refractivity contribution < 1.29 is 0 Å². The second kappa shape index (κ2) is 5.50. The van der Waals surface area contributed by atoms with Gasteiger partial charge in [-0.1, -0.05) is 96.2 Å². The van der Waals surface area contributed by atoms with E-state index in [0.717, 1.165) is 0 Å². The molecule has 1 heterocycles. The topological polar surface area (TPSA) is 0 Å². The Morgan fingerprint density at radius 3 is 0.667 bits per heavy atom. The van der Waals surface area contributed by atoms with Gasteiger partial charge in [0.15, 0.2) is 12.8 Å². The summed E-state index contributed by atoms with van der Waals surface area (Å²) in [5.41, 5.74) is 0. The molecule has 0 aromatic rings. The van der Waals surface area contributed by atoms with Gasteiger partial charge >= 0.3 is 0 Å². The minimum absolute atomic E-state index is 0.168. The van der Waals surface area contributed by atoms with E-state index in [1.54, 1.807) is 0 Å². The third-order valence-electron chi connectivity index (χ3n) is 7.92. The largest absolute Gasteiger partial charge is 0.172 e. The van der Waals surface area contributed by atoms with Gasteiger partial charge in [0.05, 0.1) is 14.2 Å². The Bertz CT molecular complexity index is 411. The smallest absolute Gasteiger partial charge is 0.157 e. The molecular formula is C18H42Cl2Si4. The molecule has 1 rings (SSSR count). The number of rotatable bonds is 0. The van der Waals surface area contributed by atoms with E-state index in [1.165, 1.54) is 0 Å². The molecule has 6 heteroatoms. The van der Waals surface area contributed by atoms with E-state index in [-0.39, 0.29) is 10.1 Å². The third-order valence-corrected chi connectivity index (χ3v) is 121. The van der Waals surface area contributed by atoms with Crippen molar-refractivity contribution in [1.82, 2.24) is 0 Å². The minimum atomic E-state index is -2.14. The fourth-order valence-electron chi connectivity index (χ4n) is 6.38. The van der Waals surface area contributed by atoms with Crippen molar-refractivity contribution in [2.75, 3.05) is 0 Å². The molecule has 24 heavy (non-hydrogen) atoms. The van der Waals surface area contributed by atoms with E-state index in [2.05, 4.69) is 96.2 Å². The lowest BCUT2D eigenvalue weighted by Gasteiger charge is -2.84. The van der Waals surface area contributed by atoms with Crippen LogP contribution in [0.15, 0.2) is 0 Å². The Morgan fingerprint density at radius 2 is 0.583 bits per heavy atom. The van der Waals surface area contributed by atoms with Crippen LogP contribution in [0.25, 0.3) is 0 Å². The molecule has 4 atom stereocenters. The van der Waals surface area contributed by atoms with E-state index in [4.69, 9.17) is 22.2 Å². The lowest BCUT2D eigenvalue weighted by atomic mass is 10.2. The monoisotopic (exact) mass is 440 g/mol. The van der Waals surface area contributed by atoms with Crippen LogP contribution in [0, 0.1) is 0 Å². The van der Waals surface area contributed by atoms with Gasteiger partial charge in [-0.05, 0) is 20.2 Å². The van der Waals surface area contributed by atoms with Crippen molar-refractivity contribution in [3.63, 3.8) is 0 Å². The molecule has 144 valence electrons. The highest BCUT2D eigenvalue weighted by atomic mass is 35.6. The van der Waals surface area contributed by atoms with Crippen molar-refractivity contribution >= 4 is 49.2 Å². The number of hydrogen-bond donors (Lipinski definition) is 0. The van der Waals surface area contributed by atoms with E-state index in [1.807, 2.05) is 0 Å². The van der Waals surface area contributed by atoms with Crippen LogP contribution in [0.4, 0.5) is 0 Å². The fraction of sp³-hybridized carbons (Fsp3) is 1.00. The minimum Gasteiger partial charge on any atom is -0.172 e. The first kappa shape index (κ1) is 23.5. The molecule has 0 N–H and O–H groups in total. The molecule has 0 amide bonds. The summed E-state index contributed by atoms with van der Waals surface area (Å²) in [4.78, 5) is 0. The quantitative estimate of drug-likeness (QED) is 0.263. The van der Waals surface area contributed by atoms with Gasteiger partial charge in [-0.25, -0.2) is 0 Å². The van der Waals surface area contributed by atoms with Gasteiger partial charge in [0.2, 0.25) is 0 Å². The average molecular weight is 442 g/mol. The lowest BCUT2D eigenvalue weighted by molar-refractivity contribution is 0.681. The summed E-state index contributed by atoms with van der Waals surface area (Å²) in [5.74, 6) is 0. The van der Waals surface area contributed by atoms with Crippen LogP contribution in [0.1, 0.15) is 83.1 Å². The molecule has 0 nitrogen and oxygen atoms in total. The molecule has 0 saturated carbocycles. The zero-order valence-electron chi connectivity index (χ0n) is 18.8. The maximum absolute atomic E-state index is 8.02. The summed E-state index contributed by atoms with van der Waals surface area (Å²) < 4.78 is 0. The Balaban J connectivity index is 4.09. The van der Waals surface area contributed by atoms with E-state index in [0.29, 0.717) is 10.1 Å². The molecule has 1 aliphatic rings. The second-order valence-corrected chi connectivity index (χ2v) is 59.9. The average Bonchev–Trinajstić information content (AvgIpc) is 2.28. The molecule has 0 bridgehead atoms. The highest BCUT2D eigenvalue weighted by Crippen LogP contribution is 2.78. The Hall–Kier alpha value is 1.45. The molecule has 0 aliphatic carbocycles. The van der Waals surface area contributed by atoms with Gasteiger partial charge in [0, 0.05) is 0 Å². The molecule has 4 unspecified atom stereocenters. The van der Waals surface area contributed by atoms with Crippen LogP contribution in [-0.4, -0.2) is 27.1 Å². The fourth-order valence-corrected chi connectivity index (χ4v) is 184. The number of hydrogen-bond acceptors (Lipinski definition) is 0. The Kier molecular flexibility index (Phi) is 5.38. The van der Waals surface area contributed by atoms with Gasteiger partial charge in [-0.3, -0.25) is 0 Å². The molecular weight excluding hydrogens is 399 g/mol. The zero-order valence-corrected chi connectivity index (χ0v) is 24.3. The standard InChI is InChI=1S/C18H42Cl2Si4/c1-15(2,3)21(13)22(14,16(4,5)6)24(20,18(10,11)12)23(21,19)17(7,8)9/h1-14H3. The molecule has 1 aliphatic heterocycles. The molecule has 1 fully saturated rings. The van der Waals surface area contributed by atoms with Crippen molar-refractivity contribution in [2.24, 2.45) is 0 Å². The summed E-state index contributed by atoms with van der Waals surface area (Å²) in [6, 6.07) is 0. The maximum Gasteiger partial charge on any atom is 0.157 e. The van der Waals surface area contributed by atoms with Crippen LogP contribution in [-0.2, 0) is 0 Å². The highest BCUT2D eigenvalue weighted by Gasteiger charge is 2.95. The van der Waals surface area contributed by atoms with Gasteiger partial charge in [-0.2, -0.15) is 22.2 Å². The normalized spacial score (nSPS) is 42.0. The molecule has 0 spiro atoms. The van der Waals surface area contributed by atoms with Crippen LogP contribution in [0.3, 0.4) is 0 Å². The predicted octanol–water partition coefficient (Wildman–Crippen LogP) is 8.04. The van der Waals surface area contributed by atoms with Crippen molar-refractivity contribution in [3.05, 3.63) is 0 Å². The van der Waals surface area contributed by atoms with Crippen molar-refractivity contribution in [1.29, 1.82) is 0 Å².